The smallest absolute Gasteiger partial charge is 0.160 e. The average Bonchev–Trinajstić information content (AvgIpc) is 3.62. The van der Waals surface area contributed by atoms with Crippen LogP contribution in [0.15, 0.2) is 176 Å². The summed E-state index contributed by atoms with van der Waals surface area (Å²) in [4.78, 5) is 14.9. The molecule has 0 radical (unpaired) electrons. The predicted octanol–water partition coefficient (Wildman–Crippen LogP) is 12.2. The molecule has 2 aromatic heterocycles. The third-order valence-corrected chi connectivity index (χ3v) is 9.97. The first-order chi connectivity index (χ1) is 24.2. The van der Waals surface area contributed by atoms with Gasteiger partial charge in [-0.1, -0.05) is 140 Å². The highest BCUT2D eigenvalue weighted by Gasteiger charge is 2.12. The van der Waals surface area contributed by atoms with E-state index in [0.29, 0.717) is 0 Å². The molecule has 4 heteroatoms. The van der Waals surface area contributed by atoms with Gasteiger partial charge in [-0.15, -0.1) is 11.3 Å². The number of hydrogen-bond acceptors (Lipinski definition) is 4. The molecule has 9 rings (SSSR count). The zero-order valence-corrected chi connectivity index (χ0v) is 27.3. The van der Waals surface area contributed by atoms with Crippen LogP contribution < -0.4 is 0 Å². The molecule has 0 saturated carbocycles. The van der Waals surface area contributed by atoms with Crippen molar-refractivity contribution < 1.29 is 0 Å². The van der Waals surface area contributed by atoms with Crippen LogP contribution in [0.25, 0.3) is 87.7 Å². The fourth-order valence-electron chi connectivity index (χ4n) is 6.34. The van der Waals surface area contributed by atoms with Crippen molar-refractivity contribution in [3.05, 3.63) is 176 Å². The molecular weight excluding hydrogens is 615 g/mol. The molecule has 0 amide bonds. The van der Waals surface area contributed by atoms with Gasteiger partial charge in [0.15, 0.2) is 5.82 Å². The standard InChI is InChI=1S/C45H29N3S/c1-4-11-30(12-5-1)41-29-42(47-44(46-41)31-13-6-2-7-14-31)39-18-10-17-33(27-39)34-19-20-36-26-37(22-21-35(36)25-34)38-23-24-40-43(28-38)49-45(48-40)32-15-8-3-9-16-32/h1-29H. The lowest BCUT2D eigenvalue weighted by Crippen LogP contribution is -1.96. The number of nitrogens with zero attached hydrogens (tertiary/aromatic N) is 3. The maximum atomic E-state index is 5.04. The summed E-state index contributed by atoms with van der Waals surface area (Å²) in [5, 5.41) is 3.47. The SMILES string of the molecule is c1ccc(-c2cc(-c3cccc(-c4ccc5cc(-c6ccc7nc(-c8ccccc8)sc7c6)ccc5c4)c3)nc(-c3ccccc3)n2)cc1. The van der Waals surface area contributed by atoms with Gasteiger partial charge in [0, 0.05) is 22.3 Å². The van der Waals surface area contributed by atoms with Crippen molar-refractivity contribution >= 4 is 32.3 Å². The van der Waals surface area contributed by atoms with Crippen molar-refractivity contribution in [1.29, 1.82) is 0 Å². The van der Waals surface area contributed by atoms with Crippen LogP contribution in [0, 0.1) is 0 Å². The molecule has 49 heavy (non-hydrogen) atoms. The number of aromatic nitrogens is 3. The van der Waals surface area contributed by atoms with E-state index in [1.54, 1.807) is 11.3 Å². The molecule has 0 saturated heterocycles. The zero-order valence-electron chi connectivity index (χ0n) is 26.5. The Morgan fingerprint density at radius 3 is 1.51 bits per heavy atom. The molecule has 2 heterocycles. The van der Waals surface area contributed by atoms with Crippen molar-refractivity contribution in [1.82, 2.24) is 15.0 Å². The molecular formula is C45H29N3S. The molecule has 0 N–H and O–H groups in total. The molecule has 0 aliphatic carbocycles. The number of benzene rings is 7. The van der Waals surface area contributed by atoms with Crippen LogP contribution in [0.2, 0.25) is 0 Å². The molecule has 0 fully saturated rings. The van der Waals surface area contributed by atoms with Gasteiger partial charge >= 0.3 is 0 Å². The second kappa shape index (κ2) is 12.4. The minimum absolute atomic E-state index is 0.718. The lowest BCUT2D eigenvalue weighted by atomic mass is 9.96. The average molecular weight is 644 g/mol. The molecule has 0 atom stereocenters. The van der Waals surface area contributed by atoms with Crippen molar-refractivity contribution in [2.24, 2.45) is 0 Å². The van der Waals surface area contributed by atoms with Crippen molar-refractivity contribution in [3.8, 4) is 66.7 Å². The lowest BCUT2D eigenvalue weighted by molar-refractivity contribution is 1.18. The van der Waals surface area contributed by atoms with Crippen LogP contribution in [0.1, 0.15) is 0 Å². The maximum absolute atomic E-state index is 5.04. The highest BCUT2D eigenvalue weighted by molar-refractivity contribution is 7.21. The molecule has 3 nitrogen and oxygen atoms in total. The minimum Gasteiger partial charge on any atom is -0.236 e. The molecule has 7 aromatic carbocycles. The van der Waals surface area contributed by atoms with Crippen LogP contribution >= 0.6 is 11.3 Å². The summed E-state index contributed by atoms with van der Waals surface area (Å²) in [6, 6.07) is 61.7. The summed E-state index contributed by atoms with van der Waals surface area (Å²) in [5.41, 5.74) is 11.8. The summed E-state index contributed by atoms with van der Waals surface area (Å²) in [5.74, 6) is 0.718. The minimum atomic E-state index is 0.718. The molecule has 0 unspecified atom stereocenters. The Morgan fingerprint density at radius 1 is 0.327 bits per heavy atom. The Morgan fingerprint density at radius 2 is 0.837 bits per heavy atom. The first kappa shape index (κ1) is 29.0. The predicted molar refractivity (Wildman–Crippen MR) is 205 cm³/mol. The summed E-state index contributed by atoms with van der Waals surface area (Å²) in [6.07, 6.45) is 0. The van der Waals surface area contributed by atoms with Gasteiger partial charge in [-0.2, -0.15) is 0 Å². The van der Waals surface area contributed by atoms with Crippen LogP contribution in [0.4, 0.5) is 0 Å². The molecule has 9 aromatic rings. The van der Waals surface area contributed by atoms with Gasteiger partial charge in [-0.25, -0.2) is 15.0 Å². The van der Waals surface area contributed by atoms with E-state index in [0.717, 1.165) is 55.6 Å². The van der Waals surface area contributed by atoms with E-state index >= 15 is 0 Å². The van der Waals surface area contributed by atoms with Gasteiger partial charge in [0.25, 0.3) is 0 Å². The topological polar surface area (TPSA) is 38.7 Å². The Labute approximate surface area is 288 Å². The summed E-state index contributed by atoms with van der Waals surface area (Å²) in [6.45, 7) is 0. The van der Waals surface area contributed by atoms with E-state index in [1.165, 1.54) is 32.2 Å². The first-order valence-electron chi connectivity index (χ1n) is 16.3. The van der Waals surface area contributed by atoms with Crippen LogP contribution in [-0.4, -0.2) is 15.0 Å². The molecule has 0 bridgehead atoms. The van der Waals surface area contributed by atoms with E-state index in [1.807, 2.05) is 42.5 Å². The summed E-state index contributed by atoms with van der Waals surface area (Å²) < 4.78 is 1.20. The zero-order chi connectivity index (χ0) is 32.6. The van der Waals surface area contributed by atoms with Gasteiger partial charge in [-0.05, 0) is 69.4 Å². The molecule has 0 aliphatic rings. The third kappa shape index (κ3) is 5.80. The Balaban J connectivity index is 1.05. The number of thiazole rings is 1. The van der Waals surface area contributed by atoms with Gasteiger partial charge in [0.2, 0.25) is 0 Å². The molecule has 0 spiro atoms. The highest BCUT2D eigenvalue weighted by Crippen LogP contribution is 2.35. The molecule has 230 valence electrons. The van der Waals surface area contributed by atoms with E-state index in [-0.39, 0.29) is 0 Å². The van der Waals surface area contributed by atoms with Crippen LogP contribution in [0.5, 0.6) is 0 Å². The number of rotatable bonds is 6. The van der Waals surface area contributed by atoms with E-state index in [2.05, 4.69) is 133 Å². The van der Waals surface area contributed by atoms with Crippen LogP contribution in [0.3, 0.4) is 0 Å². The van der Waals surface area contributed by atoms with Gasteiger partial charge in [-0.3, -0.25) is 0 Å². The van der Waals surface area contributed by atoms with Crippen LogP contribution in [-0.2, 0) is 0 Å². The fourth-order valence-corrected chi connectivity index (χ4v) is 7.35. The van der Waals surface area contributed by atoms with E-state index in [4.69, 9.17) is 15.0 Å². The number of hydrogen-bond donors (Lipinski definition) is 0. The van der Waals surface area contributed by atoms with Gasteiger partial charge in [0.1, 0.15) is 5.01 Å². The van der Waals surface area contributed by atoms with Gasteiger partial charge < -0.3 is 0 Å². The second-order valence-corrected chi connectivity index (χ2v) is 13.1. The first-order valence-corrected chi connectivity index (χ1v) is 17.2. The van der Waals surface area contributed by atoms with Gasteiger partial charge in [0.05, 0.1) is 21.6 Å². The lowest BCUT2D eigenvalue weighted by Gasteiger charge is -2.11. The Bertz CT molecular complexity index is 2540. The summed E-state index contributed by atoms with van der Waals surface area (Å²) in [7, 11) is 0. The quantitative estimate of drug-likeness (QED) is 0.181. The number of fused-ring (bicyclic) bond motifs is 2. The largest absolute Gasteiger partial charge is 0.236 e. The van der Waals surface area contributed by atoms with E-state index < -0.39 is 0 Å². The van der Waals surface area contributed by atoms with Crippen molar-refractivity contribution in [2.45, 2.75) is 0 Å². The monoisotopic (exact) mass is 643 g/mol. The third-order valence-electron chi connectivity index (χ3n) is 8.90. The Hall–Kier alpha value is -6.23. The van der Waals surface area contributed by atoms with Crippen molar-refractivity contribution in [3.63, 3.8) is 0 Å². The molecule has 0 aliphatic heterocycles. The maximum Gasteiger partial charge on any atom is 0.160 e. The van der Waals surface area contributed by atoms with E-state index in [9.17, 15) is 0 Å². The normalized spacial score (nSPS) is 11.3. The van der Waals surface area contributed by atoms with Crippen molar-refractivity contribution in [2.75, 3.05) is 0 Å². The second-order valence-electron chi connectivity index (χ2n) is 12.1. The highest BCUT2D eigenvalue weighted by atomic mass is 32.1. The fraction of sp³-hybridized carbons (Fsp3) is 0. The summed E-state index contributed by atoms with van der Waals surface area (Å²) >= 11 is 1.74. The Kier molecular flexibility index (Phi) is 7.34.